The molecule has 2 N–H and O–H groups in total. The summed E-state index contributed by atoms with van der Waals surface area (Å²) in [5, 5.41) is 0. The summed E-state index contributed by atoms with van der Waals surface area (Å²) in [6.45, 7) is 0. The monoisotopic (exact) mass is 169 g/mol. The summed E-state index contributed by atoms with van der Waals surface area (Å²) >= 11 is 0. The van der Waals surface area contributed by atoms with Crippen molar-refractivity contribution in [2.45, 2.75) is 25.3 Å². The predicted molar refractivity (Wildman–Crippen MR) is 44.3 cm³/mol. The molecule has 4 atom stereocenters. The minimum atomic E-state index is -0.102. The van der Waals surface area contributed by atoms with Crippen molar-refractivity contribution >= 4 is 5.97 Å². The van der Waals surface area contributed by atoms with Gasteiger partial charge < -0.3 is 10.5 Å². The lowest BCUT2D eigenvalue weighted by atomic mass is 9.85. The molecule has 2 bridgehead atoms. The highest BCUT2D eigenvalue weighted by molar-refractivity contribution is 5.74. The molecule has 68 valence electrons. The van der Waals surface area contributed by atoms with Gasteiger partial charge in [0.1, 0.15) is 0 Å². The first-order valence-electron chi connectivity index (χ1n) is 4.57. The molecule has 3 heteroatoms. The molecule has 0 radical (unpaired) electrons. The summed E-state index contributed by atoms with van der Waals surface area (Å²) in [6.07, 6.45) is 3.51. The van der Waals surface area contributed by atoms with E-state index in [1.807, 2.05) is 0 Å². The Hall–Kier alpha value is -0.570. The van der Waals surface area contributed by atoms with Crippen molar-refractivity contribution in [1.82, 2.24) is 0 Å². The van der Waals surface area contributed by atoms with Crippen LogP contribution in [-0.2, 0) is 9.53 Å². The van der Waals surface area contributed by atoms with Crippen LogP contribution in [0.4, 0.5) is 0 Å². The summed E-state index contributed by atoms with van der Waals surface area (Å²) in [4.78, 5) is 11.3. The molecular weight excluding hydrogens is 154 g/mol. The van der Waals surface area contributed by atoms with Gasteiger partial charge in [-0.15, -0.1) is 0 Å². The number of esters is 1. The van der Waals surface area contributed by atoms with E-state index in [9.17, 15) is 4.79 Å². The number of hydrogen-bond donors (Lipinski definition) is 1. The third-order valence-electron chi connectivity index (χ3n) is 3.45. The maximum absolute atomic E-state index is 11.3. The van der Waals surface area contributed by atoms with Crippen LogP contribution in [-0.4, -0.2) is 19.1 Å². The number of methoxy groups -OCH3 is 1. The molecule has 2 saturated carbocycles. The highest BCUT2D eigenvalue weighted by Crippen LogP contribution is 2.47. The lowest BCUT2D eigenvalue weighted by Gasteiger charge is -2.25. The summed E-state index contributed by atoms with van der Waals surface area (Å²) in [5.41, 5.74) is 5.94. The van der Waals surface area contributed by atoms with Crippen molar-refractivity contribution in [3.8, 4) is 0 Å². The first-order chi connectivity index (χ1) is 5.74. The SMILES string of the molecule is COC(=O)C1C(N)[C@@H]2CC[C@H]1C2. The summed E-state index contributed by atoms with van der Waals surface area (Å²) in [7, 11) is 1.45. The lowest BCUT2D eigenvalue weighted by molar-refractivity contribution is -0.147. The van der Waals surface area contributed by atoms with Crippen molar-refractivity contribution in [2.75, 3.05) is 7.11 Å². The number of rotatable bonds is 1. The van der Waals surface area contributed by atoms with Gasteiger partial charge in [-0.25, -0.2) is 0 Å². The Bertz CT molecular complexity index is 203. The molecule has 2 aliphatic carbocycles. The smallest absolute Gasteiger partial charge is 0.310 e. The maximum atomic E-state index is 11.3. The first-order valence-corrected chi connectivity index (χ1v) is 4.57. The van der Waals surface area contributed by atoms with E-state index in [4.69, 9.17) is 10.5 Å². The van der Waals surface area contributed by atoms with E-state index in [0.717, 1.165) is 12.8 Å². The van der Waals surface area contributed by atoms with Crippen molar-refractivity contribution in [3.63, 3.8) is 0 Å². The van der Waals surface area contributed by atoms with Gasteiger partial charge in [-0.1, -0.05) is 0 Å². The van der Waals surface area contributed by atoms with Crippen LogP contribution in [0.25, 0.3) is 0 Å². The van der Waals surface area contributed by atoms with Gasteiger partial charge in [0.05, 0.1) is 13.0 Å². The summed E-state index contributed by atoms with van der Waals surface area (Å²) in [5.74, 6) is 0.986. The number of ether oxygens (including phenoxy) is 1. The van der Waals surface area contributed by atoms with Gasteiger partial charge in [-0.2, -0.15) is 0 Å². The van der Waals surface area contributed by atoms with Crippen LogP contribution in [0.5, 0.6) is 0 Å². The topological polar surface area (TPSA) is 52.3 Å². The zero-order valence-electron chi connectivity index (χ0n) is 7.32. The highest BCUT2D eigenvalue weighted by Gasteiger charge is 2.49. The molecule has 0 aliphatic heterocycles. The molecule has 0 saturated heterocycles. The molecule has 0 aromatic rings. The molecule has 2 fully saturated rings. The molecular formula is C9H15NO2. The van der Waals surface area contributed by atoms with Gasteiger partial charge in [0, 0.05) is 6.04 Å². The van der Waals surface area contributed by atoms with Gasteiger partial charge in [-0.05, 0) is 31.1 Å². The molecule has 12 heavy (non-hydrogen) atoms. The minimum absolute atomic E-state index is 0.00579. The second-order valence-corrected chi connectivity index (χ2v) is 3.96. The summed E-state index contributed by atoms with van der Waals surface area (Å²) < 4.78 is 4.74. The third-order valence-corrected chi connectivity index (χ3v) is 3.45. The first kappa shape index (κ1) is 8.05. The second-order valence-electron chi connectivity index (χ2n) is 3.96. The van der Waals surface area contributed by atoms with Crippen molar-refractivity contribution in [1.29, 1.82) is 0 Å². The van der Waals surface area contributed by atoms with Gasteiger partial charge in [0.15, 0.2) is 0 Å². The Labute approximate surface area is 72.3 Å². The van der Waals surface area contributed by atoms with Crippen LogP contribution in [0, 0.1) is 17.8 Å². The van der Waals surface area contributed by atoms with Gasteiger partial charge in [-0.3, -0.25) is 4.79 Å². The Kier molecular flexibility index (Phi) is 1.83. The van der Waals surface area contributed by atoms with Gasteiger partial charge in [0.2, 0.25) is 0 Å². The van der Waals surface area contributed by atoms with Crippen LogP contribution < -0.4 is 5.73 Å². The Morgan fingerprint density at radius 2 is 2.08 bits per heavy atom. The standard InChI is InChI=1S/C9H15NO2/c1-12-9(11)7-5-2-3-6(4-5)8(7)10/h5-8H,2-4,10H2,1H3/t5-,6+,7?,8?/m0/s1. The van der Waals surface area contributed by atoms with Crippen molar-refractivity contribution in [3.05, 3.63) is 0 Å². The van der Waals surface area contributed by atoms with Crippen molar-refractivity contribution < 1.29 is 9.53 Å². The third kappa shape index (κ3) is 0.959. The summed E-state index contributed by atoms with van der Waals surface area (Å²) in [6, 6.07) is 0.0659. The quantitative estimate of drug-likeness (QED) is 0.583. The predicted octanol–water partition coefficient (Wildman–Crippen LogP) is 0.533. The number of fused-ring (bicyclic) bond motifs is 2. The van der Waals surface area contributed by atoms with E-state index in [1.54, 1.807) is 0 Å². The van der Waals surface area contributed by atoms with E-state index < -0.39 is 0 Å². The lowest BCUT2D eigenvalue weighted by Crippen LogP contribution is -2.40. The van der Waals surface area contributed by atoms with Crippen molar-refractivity contribution in [2.24, 2.45) is 23.5 Å². The Morgan fingerprint density at radius 3 is 2.58 bits per heavy atom. The van der Waals surface area contributed by atoms with E-state index >= 15 is 0 Å². The fourth-order valence-corrected chi connectivity index (χ4v) is 2.82. The maximum Gasteiger partial charge on any atom is 0.310 e. The molecule has 2 unspecified atom stereocenters. The van der Waals surface area contributed by atoms with Crippen LogP contribution in [0.15, 0.2) is 0 Å². The van der Waals surface area contributed by atoms with Crippen LogP contribution in [0.2, 0.25) is 0 Å². The fraction of sp³-hybridized carbons (Fsp3) is 0.889. The van der Waals surface area contributed by atoms with Gasteiger partial charge >= 0.3 is 5.97 Å². The highest BCUT2D eigenvalue weighted by atomic mass is 16.5. The Balaban J connectivity index is 2.12. The van der Waals surface area contributed by atoms with Crippen LogP contribution >= 0.6 is 0 Å². The van der Waals surface area contributed by atoms with E-state index in [2.05, 4.69) is 0 Å². The molecule has 3 nitrogen and oxygen atoms in total. The number of hydrogen-bond acceptors (Lipinski definition) is 3. The number of carbonyl (C=O) groups is 1. The van der Waals surface area contributed by atoms with Crippen LogP contribution in [0.3, 0.4) is 0 Å². The largest absolute Gasteiger partial charge is 0.469 e. The zero-order chi connectivity index (χ0) is 8.72. The minimum Gasteiger partial charge on any atom is -0.469 e. The fourth-order valence-electron chi connectivity index (χ4n) is 2.82. The molecule has 0 aromatic carbocycles. The molecule has 0 spiro atoms. The average molecular weight is 169 g/mol. The number of carbonyl (C=O) groups excluding carboxylic acids is 1. The molecule has 2 aliphatic rings. The normalized spacial score (nSPS) is 44.8. The van der Waals surface area contributed by atoms with E-state index in [1.165, 1.54) is 13.5 Å². The van der Waals surface area contributed by atoms with E-state index in [0.29, 0.717) is 11.8 Å². The van der Waals surface area contributed by atoms with E-state index in [-0.39, 0.29) is 17.9 Å². The average Bonchev–Trinajstić information content (AvgIpc) is 2.63. The van der Waals surface area contributed by atoms with Crippen LogP contribution in [0.1, 0.15) is 19.3 Å². The zero-order valence-corrected chi connectivity index (χ0v) is 7.32. The number of nitrogens with two attached hydrogens (primary N) is 1. The Morgan fingerprint density at radius 1 is 1.42 bits per heavy atom. The molecule has 2 rings (SSSR count). The second kappa shape index (κ2) is 2.73. The van der Waals surface area contributed by atoms with Gasteiger partial charge in [0.25, 0.3) is 0 Å². The molecule has 0 amide bonds. The molecule has 0 aromatic heterocycles. The molecule has 0 heterocycles.